The first-order chi connectivity index (χ1) is 9.17. The molecule has 2 aliphatic rings. The second-order valence-electron chi connectivity index (χ2n) is 5.49. The smallest absolute Gasteiger partial charge is 0.127 e. The van der Waals surface area contributed by atoms with Crippen molar-refractivity contribution >= 4 is 15.9 Å². The molecule has 0 amide bonds. The lowest BCUT2D eigenvalue weighted by Gasteiger charge is -2.28. The van der Waals surface area contributed by atoms with Crippen LogP contribution in [0.4, 0.5) is 4.39 Å². The van der Waals surface area contributed by atoms with Crippen LogP contribution < -0.4 is 11.3 Å². The van der Waals surface area contributed by atoms with E-state index in [4.69, 9.17) is 10.6 Å². The molecule has 104 valence electrons. The van der Waals surface area contributed by atoms with Gasteiger partial charge in [-0.2, -0.15) is 0 Å². The Bertz CT molecular complexity index is 471. The van der Waals surface area contributed by atoms with Crippen molar-refractivity contribution in [3.63, 3.8) is 0 Å². The lowest BCUT2D eigenvalue weighted by molar-refractivity contribution is 0.0856. The standard InChI is InChI=1S/C14H18BrFN2O/c15-9-2-1-8(12(16)6-9)5-13(18-17)11-7-10-3-4-14(11)19-10/h1-2,6,10-11,13-14,18H,3-5,7,17H2. The highest BCUT2D eigenvalue weighted by atomic mass is 79.9. The molecular weight excluding hydrogens is 311 g/mol. The van der Waals surface area contributed by atoms with E-state index in [0.29, 0.717) is 30.1 Å². The Hall–Kier alpha value is -0.490. The summed E-state index contributed by atoms with van der Waals surface area (Å²) in [6, 6.07) is 5.26. The lowest BCUT2D eigenvalue weighted by atomic mass is 9.81. The number of ether oxygens (including phenoxy) is 1. The van der Waals surface area contributed by atoms with Gasteiger partial charge in [0.25, 0.3) is 0 Å². The van der Waals surface area contributed by atoms with Crippen LogP contribution in [0.1, 0.15) is 24.8 Å². The fraction of sp³-hybridized carbons (Fsp3) is 0.571. The topological polar surface area (TPSA) is 47.3 Å². The molecule has 4 unspecified atom stereocenters. The molecule has 2 bridgehead atoms. The maximum absolute atomic E-state index is 13.9. The average Bonchev–Trinajstić information content (AvgIpc) is 3.00. The van der Waals surface area contributed by atoms with Crippen molar-refractivity contribution in [1.82, 2.24) is 5.43 Å². The van der Waals surface area contributed by atoms with E-state index in [9.17, 15) is 4.39 Å². The van der Waals surface area contributed by atoms with Gasteiger partial charge in [0.2, 0.25) is 0 Å². The Morgan fingerprint density at radius 3 is 2.89 bits per heavy atom. The summed E-state index contributed by atoms with van der Waals surface area (Å²) in [5.41, 5.74) is 3.56. The molecule has 4 atom stereocenters. The normalized spacial score (nSPS) is 30.8. The Labute approximate surface area is 120 Å². The summed E-state index contributed by atoms with van der Waals surface area (Å²) in [6.07, 6.45) is 4.59. The second kappa shape index (κ2) is 5.48. The molecule has 0 saturated carbocycles. The van der Waals surface area contributed by atoms with Crippen LogP contribution in [0.3, 0.4) is 0 Å². The van der Waals surface area contributed by atoms with E-state index >= 15 is 0 Å². The molecule has 0 radical (unpaired) electrons. The molecule has 2 saturated heterocycles. The zero-order valence-corrected chi connectivity index (χ0v) is 12.2. The molecule has 2 heterocycles. The number of hydrogen-bond donors (Lipinski definition) is 2. The van der Waals surface area contributed by atoms with Crippen LogP contribution in [0.5, 0.6) is 0 Å². The zero-order valence-electron chi connectivity index (χ0n) is 10.6. The minimum atomic E-state index is -0.182. The Balaban J connectivity index is 1.73. The van der Waals surface area contributed by atoms with Gasteiger partial charge in [0, 0.05) is 16.4 Å². The van der Waals surface area contributed by atoms with E-state index in [2.05, 4.69) is 21.4 Å². The van der Waals surface area contributed by atoms with Gasteiger partial charge in [-0.05, 0) is 43.4 Å². The maximum Gasteiger partial charge on any atom is 0.127 e. The van der Waals surface area contributed by atoms with Gasteiger partial charge in [-0.3, -0.25) is 11.3 Å². The van der Waals surface area contributed by atoms with E-state index in [1.165, 1.54) is 6.07 Å². The molecule has 5 heteroatoms. The largest absolute Gasteiger partial charge is 0.375 e. The molecule has 3 N–H and O–H groups in total. The monoisotopic (exact) mass is 328 g/mol. The predicted octanol–water partition coefficient (Wildman–Crippen LogP) is 2.53. The van der Waals surface area contributed by atoms with Crippen molar-refractivity contribution in [2.75, 3.05) is 0 Å². The number of nitrogens with two attached hydrogens (primary N) is 1. The molecule has 19 heavy (non-hydrogen) atoms. The van der Waals surface area contributed by atoms with Gasteiger partial charge in [0.05, 0.1) is 12.2 Å². The van der Waals surface area contributed by atoms with Gasteiger partial charge in [-0.15, -0.1) is 0 Å². The van der Waals surface area contributed by atoms with Crippen LogP contribution in [0.2, 0.25) is 0 Å². The molecule has 0 aliphatic carbocycles. The number of rotatable bonds is 4. The summed E-state index contributed by atoms with van der Waals surface area (Å²) in [5.74, 6) is 5.89. The highest BCUT2D eigenvalue weighted by molar-refractivity contribution is 9.10. The van der Waals surface area contributed by atoms with Crippen molar-refractivity contribution in [2.24, 2.45) is 11.8 Å². The first kappa shape index (κ1) is 13.5. The van der Waals surface area contributed by atoms with Gasteiger partial charge in [-0.1, -0.05) is 22.0 Å². The maximum atomic E-state index is 13.9. The van der Waals surface area contributed by atoms with Crippen molar-refractivity contribution in [2.45, 2.75) is 43.9 Å². The van der Waals surface area contributed by atoms with Gasteiger partial charge < -0.3 is 4.74 Å². The number of nitrogens with one attached hydrogen (secondary N) is 1. The molecular formula is C14H18BrFN2O. The van der Waals surface area contributed by atoms with Crippen molar-refractivity contribution in [3.8, 4) is 0 Å². The van der Waals surface area contributed by atoms with Gasteiger partial charge in [0.1, 0.15) is 5.82 Å². The van der Waals surface area contributed by atoms with Gasteiger partial charge >= 0.3 is 0 Å². The Morgan fingerprint density at radius 1 is 1.47 bits per heavy atom. The number of benzene rings is 1. The third-order valence-corrected chi connectivity index (χ3v) is 4.83. The molecule has 1 aromatic rings. The number of fused-ring (bicyclic) bond motifs is 2. The third-order valence-electron chi connectivity index (χ3n) is 4.34. The first-order valence-corrected chi connectivity index (χ1v) is 7.52. The summed E-state index contributed by atoms with van der Waals surface area (Å²) in [7, 11) is 0. The Kier molecular flexibility index (Phi) is 3.89. The third kappa shape index (κ3) is 2.70. The quantitative estimate of drug-likeness (QED) is 0.659. The molecule has 3 rings (SSSR count). The summed E-state index contributed by atoms with van der Waals surface area (Å²) in [6.45, 7) is 0. The van der Waals surface area contributed by atoms with Crippen molar-refractivity contribution < 1.29 is 9.13 Å². The summed E-state index contributed by atoms with van der Waals surface area (Å²) < 4.78 is 20.5. The average molecular weight is 329 g/mol. The fourth-order valence-electron chi connectivity index (χ4n) is 3.36. The lowest BCUT2D eigenvalue weighted by Crippen LogP contribution is -2.45. The SMILES string of the molecule is NNC(Cc1ccc(Br)cc1F)C1CC2CCC1O2. The van der Waals surface area contributed by atoms with Crippen molar-refractivity contribution in [3.05, 3.63) is 34.1 Å². The Morgan fingerprint density at radius 2 is 2.32 bits per heavy atom. The van der Waals surface area contributed by atoms with E-state index in [-0.39, 0.29) is 11.9 Å². The van der Waals surface area contributed by atoms with Gasteiger partial charge in [0.15, 0.2) is 0 Å². The summed E-state index contributed by atoms with van der Waals surface area (Å²) in [4.78, 5) is 0. The highest BCUT2D eigenvalue weighted by Gasteiger charge is 2.44. The minimum Gasteiger partial charge on any atom is -0.375 e. The van der Waals surface area contributed by atoms with Crippen LogP contribution in [-0.2, 0) is 11.2 Å². The number of halogens is 2. The molecule has 0 aromatic heterocycles. The van der Waals surface area contributed by atoms with E-state index < -0.39 is 0 Å². The van der Waals surface area contributed by atoms with E-state index in [1.54, 1.807) is 0 Å². The molecule has 2 fully saturated rings. The van der Waals surface area contributed by atoms with Crippen LogP contribution in [-0.4, -0.2) is 18.2 Å². The second-order valence-corrected chi connectivity index (χ2v) is 6.40. The number of hydrazine groups is 1. The molecule has 0 spiro atoms. The van der Waals surface area contributed by atoms with E-state index in [0.717, 1.165) is 23.7 Å². The fourth-order valence-corrected chi connectivity index (χ4v) is 3.69. The molecule has 2 aliphatic heterocycles. The summed E-state index contributed by atoms with van der Waals surface area (Å²) >= 11 is 3.27. The predicted molar refractivity (Wildman–Crippen MR) is 74.9 cm³/mol. The van der Waals surface area contributed by atoms with Crippen LogP contribution in [0, 0.1) is 11.7 Å². The minimum absolute atomic E-state index is 0.0750. The summed E-state index contributed by atoms with van der Waals surface area (Å²) in [5, 5.41) is 0. The molecule has 1 aromatic carbocycles. The number of hydrogen-bond acceptors (Lipinski definition) is 3. The van der Waals surface area contributed by atoms with Gasteiger partial charge in [-0.25, -0.2) is 4.39 Å². The zero-order chi connectivity index (χ0) is 13.4. The van der Waals surface area contributed by atoms with Crippen LogP contribution in [0.25, 0.3) is 0 Å². The highest BCUT2D eigenvalue weighted by Crippen LogP contribution is 2.41. The molecule has 3 nitrogen and oxygen atoms in total. The van der Waals surface area contributed by atoms with Crippen LogP contribution >= 0.6 is 15.9 Å². The van der Waals surface area contributed by atoms with Crippen molar-refractivity contribution in [1.29, 1.82) is 0 Å². The van der Waals surface area contributed by atoms with E-state index in [1.807, 2.05) is 12.1 Å². The first-order valence-electron chi connectivity index (χ1n) is 6.73. The van der Waals surface area contributed by atoms with Crippen LogP contribution in [0.15, 0.2) is 22.7 Å².